The molecule has 1 heterocycles. The van der Waals surface area contributed by atoms with Gasteiger partial charge in [0.1, 0.15) is 5.82 Å². The normalized spacial score (nSPS) is 10.3. The van der Waals surface area contributed by atoms with Crippen LogP contribution in [0.4, 0.5) is 0 Å². The summed E-state index contributed by atoms with van der Waals surface area (Å²) in [6.45, 7) is 0.587. The minimum Gasteiger partial charge on any atom is -0.314 e. The van der Waals surface area contributed by atoms with Gasteiger partial charge in [-0.1, -0.05) is 30.3 Å². The van der Waals surface area contributed by atoms with Gasteiger partial charge in [-0.05, 0) is 7.05 Å². The molecule has 0 radical (unpaired) electrons. The van der Waals surface area contributed by atoms with Gasteiger partial charge < -0.3 is 10.3 Å². The number of benzene rings is 1. The summed E-state index contributed by atoms with van der Waals surface area (Å²) < 4.78 is 0. The molecule has 16 heavy (non-hydrogen) atoms. The van der Waals surface area contributed by atoms with Crippen LogP contribution in [0.25, 0.3) is 11.4 Å². The molecule has 0 aliphatic rings. The highest BCUT2D eigenvalue weighted by atomic mass is 16.1. The van der Waals surface area contributed by atoms with Crippen molar-refractivity contribution in [2.45, 2.75) is 6.54 Å². The lowest BCUT2D eigenvalue weighted by atomic mass is 10.2. The Kier molecular flexibility index (Phi) is 3.12. The third-order valence-corrected chi connectivity index (χ3v) is 2.20. The molecule has 0 unspecified atom stereocenters. The van der Waals surface area contributed by atoms with E-state index in [0.717, 1.165) is 11.3 Å². The summed E-state index contributed by atoms with van der Waals surface area (Å²) in [5.41, 5.74) is 1.53. The molecule has 4 nitrogen and oxygen atoms in total. The number of hydrogen-bond donors (Lipinski definition) is 2. The lowest BCUT2D eigenvalue weighted by Crippen LogP contribution is -2.14. The Bertz CT molecular complexity index is 519. The number of hydrogen-bond acceptors (Lipinski definition) is 3. The standard InChI is InChI=1S/C12H13N3O/c1-13-8-10-7-11(16)15-12(14-10)9-5-3-2-4-6-9/h2-7,13H,8H2,1H3,(H,14,15,16). The third-order valence-electron chi connectivity index (χ3n) is 2.20. The van der Waals surface area contributed by atoms with E-state index in [2.05, 4.69) is 15.3 Å². The van der Waals surface area contributed by atoms with Gasteiger partial charge in [-0.15, -0.1) is 0 Å². The van der Waals surface area contributed by atoms with Gasteiger partial charge in [0, 0.05) is 18.2 Å². The molecule has 0 atom stereocenters. The molecular weight excluding hydrogens is 202 g/mol. The molecular formula is C12H13N3O. The lowest BCUT2D eigenvalue weighted by Gasteiger charge is -2.03. The van der Waals surface area contributed by atoms with Crippen LogP contribution in [0.1, 0.15) is 5.69 Å². The molecule has 0 amide bonds. The predicted octanol–water partition coefficient (Wildman–Crippen LogP) is 1.16. The Balaban J connectivity index is 2.45. The van der Waals surface area contributed by atoms with Crippen LogP contribution in [-0.2, 0) is 6.54 Å². The van der Waals surface area contributed by atoms with Crippen LogP contribution < -0.4 is 10.9 Å². The first kappa shape index (κ1) is 10.6. The molecule has 1 aromatic heterocycles. The molecule has 0 aliphatic heterocycles. The second-order valence-corrected chi connectivity index (χ2v) is 3.48. The van der Waals surface area contributed by atoms with E-state index >= 15 is 0 Å². The highest BCUT2D eigenvalue weighted by Gasteiger charge is 2.02. The first-order valence-electron chi connectivity index (χ1n) is 5.10. The van der Waals surface area contributed by atoms with Crippen molar-refractivity contribution >= 4 is 0 Å². The molecule has 2 N–H and O–H groups in total. The zero-order chi connectivity index (χ0) is 11.4. The van der Waals surface area contributed by atoms with E-state index in [0.29, 0.717) is 12.4 Å². The predicted molar refractivity (Wildman–Crippen MR) is 63.1 cm³/mol. The average Bonchev–Trinajstić information content (AvgIpc) is 2.30. The Labute approximate surface area is 93.4 Å². The molecule has 0 saturated carbocycles. The van der Waals surface area contributed by atoms with Gasteiger partial charge in [0.15, 0.2) is 0 Å². The van der Waals surface area contributed by atoms with Crippen LogP contribution >= 0.6 is 0 Å². The molecule has 0 saturated heterocycles. The van der Waals surface area contributed by atoms with Gasteiger partial charge in [0.25, 0.3) is 5.56 Å². The Morgan fingerprint density at radius 2 is 2.06 bits per heavy atom. The summed E-state index contributed by atoms with van der Waals surface area (Å²) in [5.74, 6) is 0.610. The smallest absolute Gasteiger partial charge is 0.251 e. The van der Waals surface area contributed by atoms with E-state index in [4.69, 9.17) is 0 Å². The Morgan fingerprint density at radius 3 is 2.75 bits per heavy atom. The number of H-pyrrole nitrogens is 1. The Hall–Kier alpha value is -1.94. The van der Waals surface area contributed by atoms with Crippen molar-refractivity contribution in [2.24, 2.45) is 0 Å². The highest BCUT2D eigenvalue weighted by Crippen LogP contribution is 2.12. The summed E-state index contributed by atoms with van der Waals surface area (Å²) in [5, 5.41) is 2.97. The maximum atomic E-state index is 11.4. The van der Waals surface area contributed by atoms with Gasteiger partial charge in [-0.3, -0.25) is 4.79 Å². The van der Waals surface area contributed by atoms with Crippen molar-refractivity contribution in [3.05, 3.63) is 52.4 Å². The minimum atomic E-state index is -0.126. The molecule has 0 spiro atoms. The summed E-state index contributed by atoms with van der Waals surface area (Å²) in [6, 6.07) is 11.1. The fourth-order valence-electron chi connectivity index (χ4n) is 1.51. The van der Waals surface area contributed by atoms with Crippen LogP contribution in [0.2, 0.25) is 0 Å². The van der Waals surface area contributed by atoms with E-state index in [1.807, 2.05) is 37.4 Å². The minimum absolute atomic E-state index is 0.126. The number of aromatic nitrogens is 2. The number of aromatic amines is 1. The van der Waals surface area contributed by atoms with Gasteiger partial charge in [-0.2, -0.15) is 0 Å². The molecule has 0 bridgehead atoms. The van der Waals surface area contributed by atoms with Gasteiger partial charge in [-0.25, -0.2) is 4.98 Å². The molecule has 0 aliphatic carbocycles. The zero-order valence-corrected chi connectivity index (χ0v) is 9.03. The first-order chi connectivity index (χ1) is 7.79. The largest absolute Gasteiger partial charge is 0.314 e. The quantitative estimate of drug-likeness (QED) is 0.807. The molecule has 82 valence electrons. The van der Waals surface area contributed by atoms with Gasteiger partial charge in [0.05, 0.1) is 5.69 Å². The zero-order valence-electron chi connectivity index (χ0n) is 9.03. The maximum absolute atomic E-state index is 11.4. The summed E-state index contributed by atoms with van der Waals surface area (Å²) in [4.78, 5) is 18.5. The topological polar surface area (TPSA) is 57.8 Å². The van der Waals surface area contributed by atoms with Gasteiger partial charge >= 0.3 is 0 Å². The monoisotopic (exact) mass is 215 g/mol. The van der Waals surface area contributed by atoms with Gasteiger partial charge in [0.2, 0.25) is 0 Å². The SMILES string of the molecule is CNCc1cc(=O)[nH]c(-c2ccccc2)n1. The summed E-state index contributed by atoms with van der Waals surface area (Å²) >= 11 is 0. The van der Waals surface area contributed by atoms with Crippen LogP contribution in [0, 0.1) is 0 Å². The third kappa shape index (κ3) is 2.35. The van der Waals surface area contributed by atoms with Crippen LogP contribution in [0.5, 0.6) is 0 Å². The van der Waals surface area contributed by atoms with Crippen molar-refractivity contribution in [2.75, 3.05) is 7.05 Å². The van der Waals surface area contributed by atoms with E-state index < -0.39 is 0 Å². The first-order valence-corrected chi connectivity index (χ1v) is 5.10. The number of nitrogens with one attached hydrogen (secondary N) is 2. The van der Waals surface area contributed by atoms with Crippen molar-refractivity contribution < 1.29 is 0 Å². The van der Waals surface area contributed by atoms with Crippen LogP contribution in [-0.4, -0.2) is 17.0 Å². The maximum Gasteiger partial charge on any atom is 0.251 e. The summed E-state index contributed by atoms with van der Waals surface area (Å²) in [6.07, 6.45) is 0. The van der Waals surface area contributed by atoms with E-state index in [1.54, 1.807) is 0 Å². The Morgan fingerprint density at radius 1 is 1.31 bits per heavy atom. The molecule has 0 fully saturated rings. The van der Waals surface area contributed by atoms with Crippen molar-refractivity contribution in [1.29, 1.82) is 0 Å². The van der Waals surface area contributed by atoms with Crippen LogP contribution in [0.15, 0.2) is 41.2 Å². The second kappa shape index (κ2) is 4.72. The molecule has 2 aromatic rings. The van der Waals surface area contributed by atoms with E-state index in [1.165, 1.54) is 6.07 Å². The second-order valence-electron chi connectivity index (χ2n) is 3.48. The highest BCUT2D eigenvalue weighted by molar-refractivity contribution is 5.54. The van der Waals surface area contributed by atoms with E-state index in [9.17, 15) is 4.79 Å². The van der Waals surface area contributed by atoms with Crippen LogP contribution in [0.3, 0.4) is 0 Å². The lowest BCUT2D eigenvalue weighted by molar-refractivity contribution is 0.785. The average molecular weight is 215 g/mol. The summed E-state index contributed by atoms with van der Waals surface area (Å²) in [7, 11) is 1.82. The molecule has 2 rings (SSSR count). The fraction of sp³-hybridized carbons (Fsp3) is 0.167. The van der Waals surface area contributed by atoms with Crippen molar-refractivity contribution in [3.63, 3.8) is 0 Å². The fourth-order valence-corrected chi connectivity index (χ4v) is 1.51. The molecule has 4 heteroatoms. The number of rotatable bonds is 3. The van der Waals surface area contributed by atoms with E-state index in [-0.39, 0.29) is 5.56 Å². The number of nitrogens with zero attached hydrogens (tertiary/aromatic N) is 1. The van der Waals surface area contributed by atoms with Crippen molar-refractivity contribution in [3.8, 4) is 11.4 Å². The van der Waals surface area contributed by atoms with Crippen molar-refractivity contribution in [1.82, 2.24) is 15.3 Å². The molecule has 1 aromatic carbocycles.